The van der Waals surface area contributed by atoms with Crippen LogP contribution < -0.4 is 16.4 Å². The number of nitrogens with one attached hydrogen (secondary N) is 2. The quantitative estimate of drug-likeness (QED) is 0.147. The number of rotatable bonds is 15. The summed E-state index contributed by atoms with van der Waals surface area (Å²) in [6, 6.07) is 14.0. The number of nitrogens with two attached hydrogens (primary N) is 1. The molecule has 1 aliphatic rings. The minimum absolute atomic E-state index is 0.0804. The largest absolute Gasteiger partial charge is 0.465 e. The predicted octanol–water partition coefficient (Wildman–Crippen LogP) is 2.72. The van der Waals surface area contributed by atoms with Gasteiger partial charge in [-0.3, -0.25) is 9.59 Å². The third kappa shape index (κ3) is 9.67. The maximum atomic E-state index is 12.9. The number of hydrogen-bond donors (Lipinski definition) is 4. The predicted molar refractivity (Wildman–Crippen MR) is 148 cm³/mol. The molecule has 1 aliphatic heterocycles. The number of nitrogen functional groups attached to an aromatic ring is 1. The Bertz CT molecular complexity index is 1150. The number of ether oxygens (including phenoxy) is 4. The summed E-state index contributed by atoms with van der Waals surface area (Å²) in [7, 11) is 1.32. The number of unbranched alkanes of at least 4 members (excludes halogenated alkanes) is 1. The third-order valence-corrected chi connectivity index (χ3v) is 6.16. The summed E-state index contributed by atoms with van der Waals surface area (Å²) >= 11 is 0. The average Bonchev–Trinajstić information content (AvgIpc) is 2.97. The minimum atomic E-state index is -0.692. The second kappa shape index (κ2) is 16.2. The SMILES string of the molecule is COC(=O)c1ccc(C2C=C(C(=O)NCCCCC(=O)Nc3ccccc3N)OC(OCCOCCO)C2)cc1. The summed E-state index contributed by atoms with van der Waals surface area (Å²) in [5.41, 5.74) is 8.24. The van der Waals surface area contributed by atoms with E-state index in [1.807, 2.05) is 12.1 Å². The maximum absolute atomic E-state index is 12.9. The highest BCUT2D eigenvalue weighted by Gasteiger charge is 2.29. The number of carbonyl (C=O) groups excluding carboxylic acids is 3. The number of amides is 2. The van der Waals surface area contributed by atoms with Crippen LogP contribution >= 0.6 is 0 Å². The van der Waals surface area contributed by atoms with E-state index in [4.69, 9.17) is 29.8 Å². The molecule has 0 saturated carbocycles. The molecule has 0 bridgehead atoms. The minimum Gasteiger partial charge on any atom is -0.465 e. The number of para-hydroxylation sites is 2. The van der Waals surface area contributed by atoms with E-state index in [0.717, 1.165) is 5.56 Å². The number of anilines is 2. The number of aliphatic hydroxyl groups excluding tert-OH is 1. The molecule has 216 valence electrons. The molecule has 5 N–H and O–H groups in total. The Labute approximate surface area is 233 Å². The van der Waals surface area contributed by atoms with Gasteiger partial charge in [0.2, 0.25) is 12.2 Å². The Morgan fingerprint density at radius 3 is 2.55 bits per heavy atom. The zero-order chi connectivity index (χ0) is 28.7. The van der Waals surface area contributed by atoms with Crippen molar-refractivity contribution >= 4 is 29.2 Å². The summed E-state index contributed by atoms with van der Waals surface area (Å²) in [6.45, 7) is 0.987. The Kier molecular flexibility index (Phi) is 12.4. The van der Waals surface area contributed by atoms with Crippen molar-refractivity contribution < 1.29 is 38.4 Å². The van der Waals surface area contributed by atoms with E-state index < -0.39 is 12.3 Å². The highest BCUT2D eigenvalue weighted by atomic mass is 16.7. The van der Waals surface area contributed by atoms with Crippen LogP contribution in [0.2, 0.25) is 0 Å². The molecule has 2 unspecified atom stereocenters. The first-order chi connectivity index (χ1) is 19.4. The summed E-state index contributed by atoms with van der Waals surface area (Å²) in [4.78, 5) is 36.9. The van der Waals surface area contributed by atoms with Crippen molar-refractivity contribution in [1.82, 2.24) is 5.32 Å². The fraction of sp³-hybridized carbons (Fsp3) is 0.414. The molecule has 0 aliphatic carbocycles. The second-order valence-corrected chi connectivity index (χ2v) is 9.09. The number of aliphatic hydroxyl groups is 1. The Balaban J connectivity index is 1.53. The van der Waals surface area contributed by atoms with Crippen LogP contribution in [-0.2, 0) is 28.5 Å². The topological polar surface area (TPSA) is 158 Å². The van der Waals surface area contributed by atoms with Gasteiger partial charge < -0.3 is 40.4 Å². The fourth-order valence-electron chi connectivity index (χ4n) is 4.06. The van der Waals surface area contributed by atoms with Crippen molar-refractivity contribution in [3.05, 3.63) is 71.5 Å². The van der Waals surface area contributed by atoms with Crippen LogP contribution in [0, 0.1) is 0 Å². The van der Waals surface area contributed by atoms with Gasteiger partial charge in [0, 0.05) is 25.3 Å². The molecule has 0 radical (unpaired) electrons. The number of carbonyl (C=O) groups is 3. The third-order valence-electron chi connectivity index (χ3n) is 6.16. The van der Waals surface area contributed by atoms with Crippen molar-refractivity contribution in [2.75, 3.05) is 51.1 Å². The molecular weight excluding hydrogens is 518 g/mol. The smallest absolute Gasteiger partial charge is 0.337 e. The molecule has 3 rings (SSSR count). The molecule has 2 aromatic rings. The summed E-state index contributed by atoms with van der Waals surface area (Å²) in [5, 5.41) is 14.5. The zero-order valence-corrected chi connectivity index (χ0v) is 22.6. The van der Waals surface area contributed by atoms with E-state index in [9.17, 15) is 14.4 Å². The first-order valence-corrected chi connectivity index (χ1v) is 13.2. The number of esters is 1. The standard InChI is InChI=1S/C29H37N3O8/c1-37-29(36)21-11-9-20(10-12-21)22-18-25(40-27(19-22)39-17-16-38-15-14-33)28(35)31-13-5-4-8-26(34)32-24-7-3-2-6-23(24)30/h2-3,6-7,9-12,18,22,27,33H,4-5,8,13-17,19,30H2,1H3,(H,31,35)(H,32,34). The molecule has 0 aromatic heterocycles. The second-order valence-electron chi connectivity index (χ2n) is 9.09. The van der Waals surface area contributed by atoms with Crippen LogP contribution in [0.15, 0.2) is 60.4 Å². The Morgan fingerprint density at radius 2 is 1.82 bits per heavy atom. The van der Waals surface area contributed by atoms with Crippen LogP contribution in [0.5, 0.6) is 0 Å². The monoisotopic (exact) mass is 555 g/mol. The van der Waals surface area contributed by atoms with Crippen molar-refractivity contribution in [2.24, 2.45) is 0 Å². The van der Waals surface area contributed by atoms with Gasteiger partial charge in [-0.25, -0.2) is 4.79 Å². The van der Waals surface area contributed by atoms with Gasteiger partial charge in [-0.2, -0.15) is 0 Å². The normalized spacial score (nSPS) is 16.4. The number of benzene rings is 2. The van der Waals surface area contributed by atoms with Crippen molar-refractivity contribution in [3.63, 3.8) is 0 Å². The molecule has 0 fully saturated rings. The average molecular weight is 556 g/mol. The highest BCUT2D eigenvalue weighted by Crippen LogP contribution is 2.31. The lowest BCUT2D eigenvalue weighted by Crippen LogP contribution is -2.33. The summed E-state index contributed by atoms with van der Waals surface area (Å²) < 4.78 is 21.6. The maximum Gasteiger partial charge on any atom is 0.337 e. The number of hydrogen-bond acceptors (Lipinski definition) is 9. The molecule has 11 heteroatoms. The van der Waals surface area contributed by atoms with Crippen molar-refractivity contribution in [1.29, 1.82) is 0 Å². The Hall–Kier alpha value is -3.93. The van der Waals surface area contributed by atoms with E-state index in [1.54, 1.807) is 42.5 Å². The van der Waals surface area contributed by atoms with E-state index >= 15 is 0 Å². The van der Waals surface area contributed by atoms with Gasteiger partial charge in [0.05, 0.1) is 50.5 Å². The molecular formula is C29H37N3O8. The summed E-state index contributed by atoms with van der Waals surface area (Å²) in [5.74, 6) is -1.03. The molecule has 2 amide bonds. The van der Waals surface area contributed by atoms with Gasteiger partial charge in [-0.05, 0) is 48.7 Å². The van der Waals surface area contributed by atoms with E-state index in [-0.39, 0.29) is 49.9 Å². The van der Waals surface area contributed by atoms with Crippen LogP contribution in [0.4, 0.5) is 11.4 Å². The van der Waals surface area contributed by atoms with Gasteiger partial charge >= 0.3 is 5.97 Å². The van der Waals surface area contributed by atoms with Gasteiger partial charge in [-0.1, -0.05) is 24.3 Å². The van der Waals surface area contributed by atoms with Crippen LogP contribution in [0.1, 0.15) is 47.5 Å². The van der Waals surface area contributed by atoms with Gasteiger partial charge in [0.25, 0.3) is 5.91 Å². The molecule has 0 saturated heterocycles. The number of allylic oxidation sites excluding steroid dienone is 1. The lowest BCUT2D eigenvalue weighted by molar-refractivity contribution is -0.151. The van der Waals surface area contributed by atoms with E-state index in [1.165, 1.54) is 7.11 Å². The number of methoxy groups -OCH3 is 1. The molecule has 11 nitrogen and oxygen atoms in total. The molecule has 2 atom stereocenters. The van der Waals surface area contributed by atoms with E-state index in [0.29, 0.717) is 49.2 Å². The Morgan fingerprint density at radius 1 is 1.05 bits per heavy atom. The summed E-state index contributed by atoms with van der Waals surface area (Å²) in [6.07, 6.45) is 2.96. The van der Waals surface area contributed by atoms with Gasteiger partial charge in [0.1, 0.15) is 0 Å². The van der Waals surface area contributed by atoms with E-state index in [2.05, 4.69) is 10.6 Å². The molecule has 0 spiro atoms. The fourth-order valence-corrected chi connectivity index (χ4v) is 4.06. The molecule has 1 heterocycles. The van der Waals surface area contributed by atoms with Crippen molar-refractivity contribution in [3.8, 4) is 0 Å². The first kappa shape index (κ1) is 30.6. The lowest BCUT2D eigenvalue weighted by Gasteiger charge is -2.29. The van der Waals surface area contributed by atoms with Gasteiger partial charge in [-0.15, -0.1) is 0 Å². The van der Waals surface area contributed by atoms with Crippen molar-refractivity contribution in [2.45, 2.75) is 37.9 Å². The first-order valence-electron chi connectivity index (χ1n) is 13.2. The van der Waals surface area contributed by atoms with Crippen LogP contribution in [-0.4, -0.2) is 69.3 Å². The molecule has 2 aromatic carbocycles. The molecule has 40 heavy (non-hydrogen) atoms. The zero-order valence-electron chi connectivity index (χ0n) is 22.6. The van der Waals surface area contributed by atoms with Crippen LogP contribution in [0.25, 0.3) is 0 Å². The van der Waals surface area contributed by atoms with Crippen LogP contribution in [0.3, 0.4) is 0 Å². The highest BCUT2D eigenvalue weighted by molar-refractivity contribution is 5.94. The van der Waals surface area contributed by atoms with Gasteiger partial charge in [0.15, 0.2) is 5.76 Å². The lowest BCUT2D eigenvalue weighted by atomic mass is 9.92.